The minimum absolute atomic E-state index is 0.00850. The Kier molecular flexibility index (Phi) is 6.19. The summed E-state index contributed by atoms with van der Waals surface area (Å²) >= 11 is 6.63. The van der Waals surface area contributed by atoms with Crippen molar-refractivity contribution in [2.24, 2.45) is 0 Å². The van der Waals surface area contributed by atoms with Crippen LogP contribution in [0.15, 0.2) is 88.7 Å². The van der Waals surface area contributed by atoms with Gasteiger partial charge in [0.05, 0.1) is 10.9 Å². The van der Waals surface area contributed by atoms with Crippen molar-refractivity contribution in [3.8, 4) is 11.6 Å². The molecule has 2 aromatic carbocycles. The Labute approximate surface area is 209 Å². The SMILES string of the molecule is CC(c1ccccc1)N1C(=O)/C(=C\c2c(Oc3ccc(F)cc3)nc3ccccn3c2=O)SC1=S. The van der Waals surface area contributed by atoms with Gasteiger partial charge in [-0.1, -0.05) is 60.4 Å². The summed E-state index contributed by atoms with van der Waals surface area (Å²) < 4.78 is 21.0. The number of halogens is 1. The number of hydrogen-bond acceptors (Lipinski definition) is 6. The molecule has 0 spiro atoms. The number of carbonyl (C=O) groups excluding carboxylic acids is 1. The number of rotatable bonds is 5. The van der Waals surface area contributed by atoms with E-state index >= 15 is 0 Å². The molecule has 2 aromatic heterocycles. The number of thioether (sulfide) groups is 1. The Morgan fingerprint density at radius 2 is 1.74 bits per heavy atom. The second-order valence-corrected chi connectivity index (χ2v) is 9.43. The van der Waals surface area contributed by atoms with Gasteiger partial charge < -0.3 is 4.74 Å². The molecule has 3 heterocycles. The largest absolute Gasteiger partial charge is 0.438 e. The van der Waals surface area contributed by atoms with Gasteiger partial charge >= 0.3 is 0 Å². The zero-order chi connectivity index (χ0) is 24.5. The summed E-state index contributed by atoms with van der Waals surface area (Å²) in [6.07, 6.45) is 3.05. The van der Waals surface area contributed by atoms with Crippen molar-refractivity contribution < 1.29 is 13.9 Å². The number of amides is 1. The monoisotopic (exact) mass is 503 g/mol. The maximum absolute atomic E-state index is 13.4. The van der Waals surface area contributed by atoms with Crippen molar-refractivity contribution in [1.82, 2.24) is 14.3 Å². The van der Waals surface area contributed by atoms with Crippen molar-refractivity contribution in [2.75, 3.05) is 0 Å². The minimum atomic E-state index is -0.416. The number of pyridine rings is 1. The van der Waals surface area contributed by atoms with E-state index in [0.29, 0.717) is 15.7 Å². The van der Waals surface area contributed by atoms with Gasteiger partial charge in [0, 0.05) is 6.20 Å². The van der Waals surface area contributed by atoms with Gasteiger partial charge in [0.15, 0.2) is 0 Å². The van der Waals surface area contributed by atoms with E-state index in [-0.39, 0.29) is 28.3 Å². The van der Waals surface area contributed by atoms with Crippen LogP contribution in [0.2, 0.25) is 0 Å². The summed E-state index contributed by atoms with van der Waals surface area (Å²) in [6, 6.07) is 19.8. The van der Waals surface area contributed by atoms with E-state index in [2.05, 4.69) is 4.98 Å². The Bertz CT molecular complexity index is 1540. The van der Waals surface area contributed by atoms with Gasteiger partial charge in [-0.3, -0.25) is 18.9 Å². The molecule has 5 rings (SSSR count). The minimum Gasteiger partial charge on any atom is -0.438 e. The van der Waals surface area contributed by atoms with Crippen LogP contribution in [0.3, 0.4) is 0 Å². The molecule has 1 aliphatic heterocycles. The molecular formula is C26H18FN3O3S2. The van der Waals surface area contributed by atoms with Crippen LogP contribution >= 0.6 is 24.0 Å². The molecule has 1 aliphatic rings. The first-order valence-electron chi connectivity index (χ1n) is 10.7. The van der Waals surface area contributed by atoms with E-state index in [9.17, 15) is 14.0 Å². The summed E-state index contributed by atoms with van der Waals surface area (Å²) in [5, 5.41) is 0. The molecule has 4 aromatic rings. The third-order valence-electron chi connectivity index (χ3n) is 5.53. The Morgan fingerprint density at radius 3 is 2.49 bits per heavy atom. The van der Waals surface area contributed by atoms with Crippen molar-refractivity contribution in [1.29, 1.82) is 0 Å². The van der Waals surface area contributed by atoms with Crippen LogP contribution in [-0.2, 0) is 4.79 Å². The average molecular weight is 504 g/mol. The van der Waals surface area contributed by atoms with Gasteiger partial charge in [0.1, 0.15) is 27.1 Å². The third-order valence-corrected chi connectivity index (χ3v) is 6.86. The molecule has 0 saturated carbocycles. The first kappa shape index (κ1) is 22.9. The van der Waals surface area contributed by atoms with E-state index in [1.165, 1.54) is 39.6 Å². The molecule has 1 amide bonds. The summed E-state index contributed by atoms with van der Waals surface area (Å²) in [5.41, 5.74) is 0.995. The fraction of sp³-hybridized carbons (Fsp3) is 0.0769. The van der Waals surface area contributed by atoms with Crippen LogP contribution in [-0.4, -0.2) is 24.5 Å². The van der Waals surface area contributed by atoms with Gasteiger partial charge in [-0.05, 0) is 55.0 Å². The molecule has 1 saturated heterocycles. The highest BCUT2D eigenvalue weighted by Crippen LogP contribution is 2.38. The number of hydrogen-bond donors (Lipinski definition) is 0. The van der Waals surface area contributed by atoms with Crippen LogP contribution in [0.1, 0.15) is 24.1 Å². The predicted octanol–water partition coefficient (Wildman–Crippen LogP) is 5.59. The van der Waals surface area contributed by atoms with Crippen molar-refractivity contribution in [2.45, 2.75) is 13.0 Å². The highest BCUT2D eigenvalue weighted by atomic mass is 32.2. The Morgan fingerprint density at radius 1 is 1.03 bits per heavy atom. The second-order valence-electron chi connectivity index (χ2n) is 7.76. The quantitative estimate of drug-likeness (QED) is 0.261. The topological polar surface area (TPSA) is 63.9 Å². The number of fused-ring (bicyclic) bond motifs is 1. The zero-order valence-electron chi connectivity index (χ0n) is 18.4. The highest BCUT2D eigenvalue weighted by Gasteiger charge is 2.36. The number of benzene rings is 2. The summed E-state index contributed by atoms with van der Waals surface area (Å²) in [5.74, 6) is -0.408. The van der Waals surface area contributed by atoms with Gasteiger partial charge in [0.25, 0.3) is 11.5 Å². The first-order chi connectivity index (χ1) is 16.9. The molecule has 0 radical (unpaired) electrons. The van der Waals surface area contributed by atoms with E-state index < -0.39 is 11.4 Å². The third kappa shape index (κ3) is 4.48. The van der Waals surface area contributed by atoms with E-state index in [4.69, 9.17) is 17.0 Å². The van der Waals surface area contributed by atoms with Crippen molar-refractivity contribution >= 4 is 45.9 Å². The summed E-state index contributed by atoms with van der Waals surface area (Å²) in [4.78, 5) is 33.0. The van der Waals surface area contributed by atoms with Crippen LogP contribution in [0.5, 0.6) is 11.6 Å². The van der Waals surface area contributed by atoms with Crippen LogP contribution in [0.25, 0.3) is 11.7 Å². The zero-order valence-corrected chi connectivity index (χ0v) is 20.1. The molecule has 1 unspecified atom stereocenters. The standard InChI is InChI=1S/C26H18FN3O3S2/c1-16(17-7-3-2-4-8-17)30-25(32)21(35-26(30)34)15-20-23(33-19-12-10-18(27)11-13-19)28-22-9-5-6-14-29(22)24(20)31/h2-16H,1H3/b21-15+. The van der Waals surface area contributed by atoms with E-state index in [1.807, 2.05) is 37.3 Å². The number of thiocarbonyl (C=S) groups is 1. The van der Waals surface area contributed by atoms with Gasteiger partial charge in [-0.15, -0.1) is 0 Å². The molecule has 6 nitrogen and oxygen atoms in total. The van der Waals surface area contributed by atoms with Crippen molar-refractivity contribution in [3.63, 3.8) is 0 Å². The number of ether oxygens (including phenoxy) is 1. The molecule has 0 N–H and O–H groups in total. The predicted molar refractivity (Wildman–Crippen MR) is 138 cm³/mol. The molecule has 9 heteroatoms. The second kappa shape index (κ2) is 9.44. The average Bonchev–Trinajstić information content (AvgIpc) is 3.15. The molecule has 1 atom stereocenters. The molecule has 35 heavy (non-hydrogen) atoms. The lowest BCUT2D eigenvalue weighted by Gasteiger charge is -2.23. The molecule has 174 valence electrons. The lowest BCUT2D eigenvalue weighted by molar-refractivity contribution is -0.123. The van der Waals surface area contributed by atoms with Crippen LogP contribution in [0.4, 0.5) is 4.39 Å². The maximum Gasteiger partial charge on any atom is 0.269 e. The van der Waals surface area contributed by atoms with Gasteiger partial charge in [-0.2, -0.15) is 4.98 Å². The number of nitrogens with zero attached hydrogens (tertiary/aromatic N) is 3. The molecular weight excluding hydrogens is 485 g/mol. The lowest BCUT2D eigenvalue weighted by Crippen LogP contribution is -2.31. The molecule has 0 aliphatic carbocycles. The van der Waals surface area contributed by atoms with Gasteiger partial charge in [-0.25, -0.2) is 4.39 Å². The van der Waals surface area contributed by atoms with Crippen LogP contribution < -0.4 is 10.3 Å². The lowest BCUT2D eigenvalue weighted by atomic mass is 10.1. The van der Waals surface area contributed by atoms with E-state index in [1.54, 1.807) is 24.4 Å². The first-order valence-corrected chi connectivity index (χ1v) is 11.9. The normalized spacial score (nSPS) is 15.7. The smallest absolute Gasteiger partial charge is 0.269 e. The Balaban J connectivity index is 1.58. The summed E-state index contributed by atoms with van der Waals surface area (Å²) in [7, 11) is 0. The number of carbonyl (C=O) groups is 1. The number of aromatic nitrogens is 2. The highest BCUT2D eigenvalue weighted by molar-refractivity contribution is 8.26. The summed E-state index contributed by atoms with van der Waals surface area (Å²) in [6.45, 7) is 1.90. The fourth-order valence-corrected chi connectivity index (χ4v) is 5.12. The molecule has 0 bridgehead atoms. The van der Waals surface area contributed by atoms with E-state index in [0.717, 1.165) is 17.3 Å². The van der Waals surface area contributed by atoms with Gasteiger partial charge in [0.2, 0.25) is 5.88 Å². The van der Waals surface area contributed by atoms with Crippen LogP contribution in [0, 0.1) is 5.82 Å². The Hall–Kier alpha value is -3.82. The van der Waals surface area contributed by atoms with Crippen molar-refractivity contribution in [3.05, 3.63) is 111 Å². The molecule has 1 fully saturated rings. The maximum atomic E-state index is 13.4. The fourth-order valence-electron chi connectivity index (χ4n) is 3.72.